The highest BCUT2D eigenvalue weighted by atomic mass is 16.5. The van der Waals surface area contributed by atoms with Crippen LogP contribution in [0.4, 0.5) is 17.5 Å². The monoisotopic (exact) mass is 372 g/mol. The van der Waals surface area contributed by atoms with Crippen molar-refractivity contribution in [1.29, 1.82) is 0 Å². The minimum absolute atomic E-state index is 0.562. The van der Waals surface area contributed by atoms with Crippen molar-refractivity contribution < 1.29 is 14.2 Å². The lowest BCUT2D eigenvalue weighted by molar-refractivity contribution is 0.324. The molecule has 146 valence electrons. The number of ether oxygens (including phenoxy) is 3. The number of nitrogens with zero attached hydrogens (tertiary/aromatic N) is 3. The third-order valence-electron chi connectivity index (χ3n) is 4.72. The molecular formula is C20H28N4O3. The van der Waals surface area contributed by atoms with Gasteiger partial charge in [-0.15, -0.1) is 0 Å². The van der Waals surface area contributed by atoms with Gasteiger partial charge in [0.2, 0.25) is 11.7 Å². The number of nitrogens with one attached hydrogen (secondary N) is 1. The van der Waals surface area contributed by atoms with Gasteiger partial charge in [0.15, 0.2) is 11.5 Å². The van der Waals surface area contributed by atoms with Gasteiger partial charge in [0.25, 0.3) is 0 Å². The average molecular weight is 372 g/mol. The third-order valence-corrected chi connectivity index (χ3v) is 4.72. The predicted octanol–water partition coefficient (Wildman–Crippen LogP) is 3.79. The number of aromatic nitrogens is 2. The van der Waals surface area contributed by atoms with E-state index >= 15 is 0 Å². The smallest absolute Gasteiger partial charge is 0.227 e. The zero-order valence-corrected chi connectivity index (χ0v) is 16.7. The fourth-order valence-electron chi connectivity index (χ4n) is 3.43. The number of benzene rings is 1. The van der Waals surface area contributed by atoms with Crippen molar-refractivity contribution >= 4 is 17.5 Å². The second-order valence-electron chi connectivity index (χ2n) is 6.93. The van der Waals surface area contributed by atoms with Crippen molar-refractivity contribution in [3.05, 3.63) is 23.9 Å². The van der Waals surface area contributed by atoms with Gasteiger partial charge in [-0.05, 0) is 25.7 Å². The Kier molecular flexibility index (Phi) is 5.88. The Morgan fingerprint density at radius 1 is 1.04 bits per heavy atom. The summed E-state index contributed by atoms with van der Waals surface area (Å²) in [5.41, 5.74) is 1.73. The van der Waals surface area contributed by atoms with E-state index in [-0.39, 0.29) is 0 Å². The van der Waals surface area contributed by atoms with Gasteiger partial charge in [-0.2, -0.15) is 4.98 Å². The maximum Gasteiger partial charge on any atom is 0.227 e. The molecule has 1 N–H and O–H groups in total. The molecule has 0 aliphatic carbocycles. The lowest BCUT2D eigenvalue weighted by Crippen LogP contribution is -2.35. The highest BCUT2D eigenvalue weighted by Gasteiger charge is 2.20. The highest BCUT2D eigenvalue weighted by molar-refractivity contribution is 5.67. The topological polar surface area (TPSA) is 68.7 Å². The van der Waals surface area contributed by atoms with E-state index in [2.05, 4.69) is 22.1 Å². The van der Waals surface area contributed by atoms with Crippen molar-refractivity contribution in [2.24, 2.45) is 5.92 Å². The van der Waals surface area contributed by atoms with E-state index in [9.17, 15) is 0 Å². The molecule has 27 heavy (non-hydrogen) atoms. The second-order valence-corrected chi connectivity index (χ2v) is 6.93. The summed E-state index contributed by atoms with van der Waals surface area (Å²) in [7, 11) is 4.80. The molecule has 1 fully saturated rings. The Labute approximate surface area is 160 Å². The third kappa shape index (κ3) is 4.35. The Bertz CT molecular complexity index is 772. The van der Waals surface area contributed by atoms with E-state index in [1.54, 1.807) is 21.3 Å². The molecule has 3 rings (SSSR count). The van der Waals surface area contributed by atoms with Crippen LogP contribution in [-0.2, 0) is 0 Å². The van der Waals surface area contributed by atoms with E-state index in [0.29, 0.717) is 23.2 Å². The number of hydrogen-bond donors (Lipinski definition) is 1. The maximum atomic E-state index is 5.43. The van der Waals surface area contributed by atoms with E-state index in [1.165, 1.54) is 12.8 Å². The van der Waals surface area contributed by atoms with E-state index in [1.807, 2.05) is 25.1 Å². The zero-order valence-electron chi connectivity index (χ0n) is 16.7. The average Bonchev–Trinajstić information content (AvgIpc) is 2.66. The molecule has 2 aromatic rings. The minimum Gasteiger partial charge on any atom is -0.493 e. The summed E-state index contributed by atoms with van der Waals surface area (Å²) in [6.45, 7) is 6.25. The van der Waals surface area contributed by atoms with Crippen LogP contribution in [0.5, 0.6) is 17.2 Å². The summed E-state index contributed by atoms with van der Waals surface area (Å²) < 4.78 is 16.2. The largest absolute Gasteiger partial charge is 0.493 e. The number of piperidine rings is 1. The first-order chi connectivity index (χ1) is 13.0. The van der Waals surface area contributed by atoms with Crippen LogP contribution in [0, 0.1) is 12.8 Å². The molecule has 0 spiro atoms. The molecule has 7 heteroatoms. The van der Waals surface area contributed by atoms with Gasteiger partial charge in [-0.3, -0.25) is 0 Å². The Morgan fingerprint density at radius 2 is 1.74 bits per heavy atom. The van der Waals surface area contributed by atoms with Crippen molar-refractivity contribution in [2.45, 2.75) is 26.7 Å². The summed E-state index contributed by atoms with van der Waals surface area (Å²) in [6, 6.07) is 5.66. The van der Waals surface area contributed by atoms with Crippen molar-refractivity contribution in [1.82, 2.24) is 9.97 Å². The molecule has 1 aliphatic rings. The van der Waals surface area contributed by atoms with Crippen LogP contribution >= 0.6 is 0 Å². The summed E-state index contributed by atoms with van der Waals surface area (Å²) in [4.78, 5) is 11.6. The van der Waals surface area contributed by atoms with Crippen LogP contribution in [0.15, 0.2) is 18.2 Å². The molecule has 2 heterocycles. The normalized spacial score (nSPS) is 16.8. The summed E-state index contributed by atoms with van der Waals surface area (Å²) in [5.74, 6) is 3.92. The zero-order chi connectivity index (χ0) is 19.4. The van der Waals surface area contributed by atoms with Crippen LogP contribution in [0.25, 0.3) is 0 Å². The molecule has 7 nitrogen and oxygen atoms in total. The Morgan fingerprint density at radius 3 is 2.33 bits per heavy atom. The van der Waals surface area contributed by atoms with Crippen molar-refractivity contribution in [3.63, 3.8) is 0 Å². The molecule has 1 aromatic heterocycles. The molecule has 1 aliphatic heterocycles. The molecule has 0 saturated carbocycles. The molecule has 1 saturated heterocycles. The summed E-state index contributed by atoms with van der Waals surface area (Å²) >= 11 is 0. The van der Waals surface area contributed by atoms with Crippen molar-refractivity contribution in [2.75, 3.05) is 44.6 Å². The highest BCUT2D eigenvalue weighted by Crippen LogP contribution is 2.40. The van der Waals surface area contributed by atoms with E-state index in [0.717, 1.165) is 36.2 Å². The first-order valence-electron chi connectivity index (χ1n) is 9.21. The number of aryl methyl sites for hydroxylation is 1. The molecule has 0 radical (unpaired) electrons. The van der Waals surface area contributed by atoms with Gasteiger partial charge < -0.3 is 24.4 Å². The van der Waals surface area contributed by atoms with Gasteiger partial charge in [-0.1, -0.05) is 6.92 Å². The molecule has 1 unspecified atom stereocenters. The molecule has 1 atom stereocenters. The number of hydrogen-bond acceptors (Lipinski definition) is 7. The fourth-order valence-corrected chi connectivity index (χ4v) is 3.43. The number of methoxy groups -OCH3 is 3. The van der Waals surface area contributed by atoms with Crippen LogP contribution in [0.1, 0.15) is 25.5 Å². The minimum atomic E-state index is 0.562. The second kappa shape index (κ2) is 8.33. The Balaban J connectivity index is 1.89. The van der Waals surface area contributed by atoms with Crippen LogP contribution in [-0.4, -0.2) is 44.4 Å². The van der Waals surface area contributed by atoms with E-state index in [4.69, 9.17) is 19.2 Å². The SMILES string of the molecule is COc1cc(Nc2cc(C)nc(N3CCCC(C)C3)n2)cc(OC)c1OC. The molecule has 0 bridgehead atoms. The predicted molar refractivity (Wildman–Crippen MR) is 107 cm³/mol. The lowest BCUT2D eigenvalue weighted by atomic mass is 10.0. The van der Waals surface area contributed by atoms with Gasteiger partial charge in [0.05, 0.1) is 21.3 Å². The van der Waals surface area contributed by atoms with Gasteiger partial charge in [0.1, 0.15) is 5.82 Å². The van der Waals surface area contributed by atoms with E-state index < -0.39 is 0 Å². The molecule has 1 aromatic carbocycles. The summed E-state index contributed by atoms with van der Waals surface area (Å²) in [6.07, 6.45) is 2.44. The molecular weight excluding hydrogens is 344 g/mol. The first kappa shape index (κ1) is 19.1. The molecule has 0 amide bonds. The lowest BCUT2D eigenvalue weighted by Gasteiger charge is -2.31. The maximum absolute atomic E-state index is 5.43. The Hall–Kier alpha value is -2.70. The quantitative estimate of drug-likeness (QED) is 0.827. The first-order valence-corrected chi connectivity index (χ1v) is 9.21. The van der Waals surface area contributed by atoms with Gasteiger partial charge >= 0.3 is 0 Å². The van der Waals surface area contributed by atoms with Crippen LogP contribution < -0.4 is 24.4 Å². The van der Waals surface area contributed by atoms with Crippen molar-refractivity contribution in [3.8, 4) is 17.2 Å². The van der Waals surface area contributed by atoms with Crippen LogP contribution in [0.2, 0.25) is 0 Å². The fraction of sp³-hybridized carbons (Fsp3) is 0.500. The number of anilines is 3. The van der Waals surface area contributed by atoms with Gasteiger partial charge in [0, 0.05) is 42.7 Å². The summed E-state index contributed by atoms with van der Waals surface area (Å²) in [5, 5.41) is 3.34. The van der Waals surface area contributed by atoms with Gasteiger partial charge in [-0.25, -0.2) is 4.98 Å². The standard InChI is InChI=1S/C20H28N4O3/c1-13-7-6-8-24(12-13)20-21-14(2)9-18(23-20)22-15-10-16(25-3)19(27-5)17(11-15)26-4/h9-11,13H,6-8,12H2,1-5H3,(H,21,22,23). The number of rotatable bonds is 6. The van der Waals surface area contributed by atoms with Crippen LogP contribution in [0.3, 0.4) is 0 Å².